The van der Waals surface area contributed by atoms with Gasteiger partial charge in [-0.15, -0.1) is 0 Å². The number of aliphatic hydroxyl groups excluding tert-OH is 2. The number of benzene rings is 1. The van der Waals surface area contributed by atoms with E-state index in [2.05, 4.69) is 0 Å². The van der Waals surface area contributed by atoms with Crippen LogP contribution in [0, 0.1) is 0 Å². The molecule has 0 aliphatic carbocycles. The van der Waals surface area contributed by atoms with Crippen molar-refractivity contribution in [3.05, 3.63) is 18.2 Å². The molecule has 0 aliphatic heterocycles. The van der Waals surface area contributed by atoms with Gasteiger partial charge in [-0.2, -0.15) is 0 Å². The summed E-state index contributed by atoms with van der Waals surface area (Å²) in [7, 11) is -4.42. The van der Waals surface area contributed by atoms with Gasteiger partial charge in [-0.25, -0.2) is 0 Å². The smallest absolute Gasteiger partial charge is 0.356 e. The SMILES string of the molecule is O=P(O)(O)c1cc(OCCO)cc(OCCO)c1. The second kappa shape index (κ2) is 6.72. The van der Waals surface area contributed by atoms with Gasteiger partial charge < -0.3 is 29.5 Å². The number of hydrogen-bond acceptors (Lipinski definition) is 5. The lowest BCUT2D eigenvalue weighted by molar-refractivity contribution is 0.195. The third-order valence-corrected chi connectivity index (χ3v) is 2.85. The number of rotatable bonds is 7. The minimum Gasteiger partial charge on any atom is -0.491 e. The highest BCUT2D eigenvalue weighted by Gasteiger charge is 2.19. The van der Waals surface area contributed by atoms with Gasteiger partial charge in [-0.3, -0.25) is 4.57 Å². The van der Waals surface area contributed by atoms with Crippen LogP contribution in [0.2, 0.25) is 0 Å². The van der Waals surface area contributed by atoms with Crippen LogP contribution in [0.3, 0.4) is 0 Å². The zero-order valence-electron chi connectivity index (χ0n) is 9.52. The summed E-state index contributed by atoms with van der Waals surface area (Å²) in [6.07, 6.45) is 0. The summed E-state index contributed by atoms with van der Waals surface area (Å²) < 4.78 is 21.3. The molecule has 0 aromatic heterocycles. The highest BCUT2D eigenvalue weighted by Crippen LogP contribution is 2.36. The molecule has 7 nitrogen and oxygen atoms in total. The molecule has 0 radical (unpaired) electrons. The number of ether oxygens (including phenoxy) is 2. The maximum atomic E-state index is 11.2. The van der Waals surface area contributed by atoms with Crippen LogP contribution in [0.25, 0.3) is 0 Å². The van der Waals surface area contributed by atoms with Crippen LogP contribution in [-0.2, 0) is 4.57 Å². The Balaban J connectivity index is 3.00. The fraction of sp³-hybridized carbons (Fsp3) is 0.400. The number of hydrogen-bond donors (Lipinski definition) is 4. The first kappa shape index (κ1) is 14.9. The van der Waals surface area contributed by atoms with E-state index in [1.807, 2.05) is 0 Å². The van der Waals surface area contributed by atoms with E-state index in [1.54, 1.807) is 0 Å². The molecule has 0 amide bonds. The molecule has 1 aromatic rings. The van der Waals surface area contributed by atoms with Crippen LogP contribution in [0.4, 0.5) is 0 Å². The summed E-state index contributed by atoms with van der Waals surface area (Å²) in [6.45, 7) is -0.423. The molecular formula is C10H15O7P. The molecule has 8 heteroatoms. The second-order valence-electron chi connectivity index (χ2n) is 3.35. The van der Waals surface area contributed by atoms with Gasteiger partial charge in [-0.1, -0.05) is 0 Å². The first-order valence-corrected chi connectivity index (χ1v) is 6.77. The standard InChI is InChI=1S/C10H15O7P/c11-1-3-16-8-5-9(17-4-2-12)7-10(6-8)18(13,14)15/h5-7,11-12H,1-4H2,(H2,13,14,15). The Hall–Kier alpha value is -1.11. The van der Waals surface area contributed by atoms with Gasteiger partial charge in [0.25, 0.3) is 0 Å². The number of aliphatic hydroxyl groups is 2. The Morgan fingerprint density at radius 1 is 0.944 bits per heavy atom. The largest absolute Gasteiger partial charge is 0.491 e. The van der Waals surface area contributed by atoms with Crippen molar-refractivity contribution >= 4 is 12.9 Å². The summed E-state index contributed by atoms with van der Waals surface area (Å²) in [6, 6.07) is 3.79. The predicted octanol–water partition coefficient (Wildman–Crippen LogP) is -0.768. The molecule has 0 saturated carbocycles. The minimum absolute atomic E-state index is 0.00402. The first-order chi connectivity index (χ1) is 8.47. The third kappa shape index (κ3) is 4.64. The normalized spacial score (nSPS) is 11.3. The Kier molecular flexibility index (Phi) is 5.58. The Bertz CT molecular complexity index is 402. The van der Waals surface area contributed by atoms with E-state index in [4.69, 9.17) is 29.5 Å². The molecule has 18 heavy (non-hydrogen) atoms. The lowest BCUT2D eigenvalue weighted by Gasteiger charge is -2.12. The van der Waals surface area contributed by atoms with Crippen LogP contribution in [0.5, 0.6) is 11.5 Å². The topological polar surface area (TPSA) is 116 Å². The Morgan fingerprint density at radius 3 is 1.72 bits per heavy atom. The fourth-order valence-corrected chi connectivity index (χ4v) is 1.81. The van der Waals surface area contributed by atoms with E-state index in [1.165, 1.54) is 18.2 Å². The molecule has 0 unspecified atom stereocenters. The van der Waals surface area contributed by atoms with Crippen molar-refractivity contribution in [3.8, 4) is 11.5 Å². The van der Waals surface area contributed by atoms with Gasteiger partial charge in [0.15, 0.2) is 0 Å². The molecule has 0 bridgehead atoms. The van der Waals surface area contributed by atoms with Gasteiger partial charge in [0.05, 0.1) is 18.5 Å². The van der Waals surface area contributed by atoms with Gasteiger partial charge in [0, 0.05) is 6.07 Å². The monoisotopic (exact) mass is 278 g/mol. The average molecular weight is 278 g/mol. The predicted molar refractivity (Wildman–Crippen MR) is 63.3 cm³/mol. The van der Waals surface area contributed by atoms with Crippen molar-refractivity contribution in [2.45, 2.75) is 0 Å². The second-order valence-corrected chi connectivity index (χ2v) is 4.96. The molecule has 1 rings (SSSR count). The fourth-order valence-electron chi connectivity index (χ4n) is 1.22. The molecule has 4 N–H and O–H groups in total. The van der Waals surface area contributed by atoms with Crippen molar-refractivity contribution in [2.75, 3.05) is 26.4 Å². The van der Waals surface area contributed by atoms with Crippen molar-refractivity contribution in [2.24, 2.45) is 0 Å². The molecule has 0 fully saturated rings. The summed E-state index contributed by atoms with van der Waals surface area (Å²) in [5, 5.41) is 17.0. The lowest BCUT2D eigenvalue weighted by Crippen LogP contribution is -2.10. The van der Waals surface area contributed by atoms with E-state index in [0.29, 0.717) is 0 Å². The molecular weight excluding hydrogens is 263 g/mol. The van der Waals surface area contributed by atoms with Gasteiger partial charge in [-0.05, 0) is 12.1 Å². The van der Waals surface area contributed by atoms with Crippen LogP contribution < -0.4 is 14.8 Å². The maximum Gasteiger partial charge on any atom is 0.356 e. The molecule has 0 atom stereocenters. The van der Waals surface area contributed by atoms with Crippen molar-refractivity contribution in [1.82, 2.24) is 0 Å². The van der Waals surface area contributed by atoms with Crippen LogP contribution in [0.15, 0.2) is 18.2 Å². The Morgan fingerprint density at radius 2 is 1.39 bits per heavy atom. The zero-order valence-corrected chi connectivity index (χ0v) is 10.4. The summed E-state index contributed by atoms with van der Waals surface area (Å²) in [5.41, 5.74) is 0. The van der Waals surface area contributed by atoms with Crippen molar-refractivity contribution in [3.63, 3.8) is 0 Å². The van der Waals surface area contributed by atoms with Crippen LogP contribution in [-0.4, -0.2) is 46.4 Å². The Labute approximate surface area is 104 Å². The van der Waals surface area contributed by atoms with Crippen molar-refractivity contribution < 1.29 is 34.0 Å². The first-order valence-electron chi connectivity index (χ1n) is 5.16. The molecule has 0 saturated heterocycles. The van der Waals surface area contributed by atoms with Gasteiger partial charge in [0.1, 0.15) is 24.7 Å². The van der Waals surface area contributed by atoms with E-state index < -0.39 is 7.60 Å². The van der Waals surface area contributed by atoms with E-state index in [9.17, 15) is 4.57 Å². The minimum atomic E-state index is -4.42. The summed E-state index contributed by atoms with van der Waals surface area (Å²) >= 11 is 0. The summed E-state index contributed by atoms with van der Waals surface area (Å²) in [5.74, 6) is 0.357. The quantitative estimate of drug-likeness (QED) is 0.484. The molecule has 0 aliphatic rings. The third-order valence-electron chi connectivity index (χ3n) is 1.92. The lowest BCUT2D eigenvalue weighted by atomic mass is 10.3. The highest BCUT2D eigenvalue weighted by molar-refractivity contribution is 7.60. The molecule has 0 spiro atoms. The maximum absolute atomic E-state index is 11.2. The van der Waals surface area contributed by atoms with E-state index in [0.717, 1.165) is 0 Å². The van der Waals surface area contributed by atoms with Crippen LogP contribution in [0.1, 0.15) is 0 Å². The zero-order chi connectivity index (χ0) is 13.6. The highest BCUT2D eigenvalue weighted by atomic mass is 31.2. The van der Waals surface area contributed by atoms with Gasteiger partial charge in [0.2, 0.25) is 0 Å². The summed E-state index contributed by atoms with van der Waals surface area (Å²) in [4.78, 5) is 18.2. The van der Waals surface area contributed by atoms with Gasteiger partial charge >= 0.3 is 7.60 Å². The van der Waals surface area contributed by atoms with E-state index in [-0.39, 0.29) is 43.2 Å². The molecule has 102 valence electrons. The average Bonchev–Trinajstić information content (AvgIpc) is 2.32. The molecule has 0 heterocycles. The molecule has 1 aromatic carbocycles. The van der Waals surface area contributed by atoms with Crippen LogP contribution >= 0.6 is 7.60 Å². The van der Waals surface area contributed by atoms with E-state index >= 15 is 0 Å². The van der Waals surface area contributed by atoms with Crippen molar-refractivity contribution in [1.29, 1.82) is 0 Å².